The molecule has 0 fully saturated rings. The highest BCUT2D eigenvalue weighted by Crippen LogP contribution is 2.50. The van der Waals surface area contributed by atoms with Crippen molar-refractivity contribution in [3.8, 4) is 5.75 Å². The first-order chi connectivity index (χ1) is 10.6. The summed E-state index contributed by atoms with van der Waals surface area (Å²) in [6.07, 6.45) is 3.48. The molecule has 0 bridgehead atoms. The average molecular weight is 322 g/mol. The van der Waals surface area contributed by atoms with Gasteiger partial charge in [-0.1, -0.05) is 34.6 Å². The Balaban J connectivity index is 3.58. The van der Waals surface area contributed by atoms with E-state index in [-0.39, 0.29) is 11.0 Å². The summed E-state index contributed by atoms with van der Waals surface area (Å²) in [4.78, 5) is 0. The normalized spacial score (nSPS) is 12.4. The van der Waals surface area contributed by atoms with Crippen LogP contribution in [0.2, 0.25) is 0 Å². The van der Waals surface area contributed by atoms with E-state index in [2.05, 4.69) is 34.6 Å². The van der Waals surface area contributed by atoms with Crippen molar-refractivity contribution in [2.75, 3.05) is 22.9 Å². The van der Waals surface area contributed by atoms with E-state index in [1.165, 1.54) is 0 Å². The topological polar surface area (TPSA) is 113 Å². The Morgan fingerprint density at radius 3 is 1.39 bits per heavy atom. The number of nitrogens with two attached hydrogens (primary N) is 4. The SMILES string of the molecule is CCC(C)(CC)Oc1c(N)c(N)c(C(C)(CC)CC)c(N)c1N. The van der Waals surface area contributed by atoms with E-state index in [0.717, 1.165) is 31.2 Å². The van der Waals surface area contributed by atoms with Crippen molar-refractivity contribution >= 4 is 22.7 Å². The number of rotatable bonds is 7. The summed E-state index contributed by atoms with van der Waals surface area (Å²) in [5, 5.41) is 0. The van der Waals surface area contributed by atoms with Crippen LogP contribution in [0.1, 0.15) is 72.8 Å². The first kappa shape index (κ1) is 19.3. The Hall–Kier alpha value is -1.78. The Morgan fingerprint density at radius 2 is 1.09 bits per heavy atom. The molecule has 5 nitrogen and oxygen atoms in total. The zero-order valence-corrected chi connectivity index (χ0v) is 15.5. The zero-order chi connectivity index (χ0) is 18.0. The lowest BCUT2D eigenvalue weighted by Crippen LogP contribution is -2.32. The van der Waals surface area contributed by atoms with Gasteiger partial charge in [-0.3, -0.25) is 0 Å². The minimum Gasteiger partial charge on any atom is -0.483 e. The average Bonchev–Trinajstić information content (AvgIpc) is 2.56. The van der Waals surface area contributed by atoms with Crippen LogP contribution in [0.25, 0.3) is 0 Å². The predicted octanol–water partition coefficient (Wildman–Crippen LogP) is 4.05. The van der Waals surface area contributed by atoms with Gasteiger partial charge in [0.15, 0.2) is 5.75 Å². The van der Waals surface area contributed by atoms with Crippen molar-refractivity contribution in [1.29, 1.82) is 0 Å². The molecule has 1 rings (SSSR count). The molecule has 0 atom stereocenters. The third kappa shape index (κ3) is 3.28. The smallest absolute Gasteiger partial charge is 0.170 e. The third-order valence-electron chi connectivity index (χ3n) is 5.62. The van der Waals surface area contributed by atoms with Gasteiger partial charge in [0.1, 0.15) is 17.0 Å². The van der Waals surface area contributed by atoms with Gasteiger partial charge in [0.05, 0.1) is 11.4 Å². The Labute approximate surface area is 140 Å². The minimum absolute atomic E-state index is 0.159. The standard InChI is InChI=1S/C18H34N4O/c1-7-17(5,8-2)11-12(19)14(21)16(15(22)13(11)20)23-18(6,9-3)10-4/h7-10,19-22H2,1-6H3. The Bertz CT molecular complexity index is 532. The largest absolute Gasteiger partial charge is 0.483 e. The molecule has 0 heterocycles. The molecule has 8 N–H and O–H groups in total. The number of ether oxygens (including phenoxy) is 1. The fourth-order valence-corrected chi connectivity index (χ4v) is 2.81. The van der Waals surface area contributed by atoms with Crippen LogP contribution in [0.4, 0.5) is 22.7 Å². The second kappa shape index (κ2) is 6.77. The van der Waals surface area contributed by atoms with Crippen LogP contribution < -0.4 is 27.7 Å². The van der Waals surface area contributed by atoms with E-state index in [9.17, 15) is 0 Å². The van der Waals surface area contributed by atoms with Crippen LogP contribution in [-0.4, -0.2) is 5.60 Å². The van der Waals surface area contributed by atoms with Crippen molar-refractivity contribution in [3.05, 3.63) is 5.56 Å². The second-order valence-corrected chi connectivity index (χ2v) is 6.89. The number of anilines is 4. The van der Waals surface area contributed by atoms with Crippen molar-refractivity contribution < 1.29 is 4.74 Å². The summed E-state index contributed by atoms with van der Waals surface area (Å²) in [6.45, 7) is 12.5. The highest BCUT2D eigenvalue weighted by Gasteiger charge is 2.33. The molecular weight excluding hydrogens is 288 g/mol. The fourth-order valence-electron chi connectivity index (χ4n) is 2.81. The lowest BCUT2D eigenvalue weighted by Gasteiger charge is -2.34. The van der Waals surface area contributed by atoms with Gasteiger partial charge in [-0.25, -0.2) is 0 Å². The number of nitrogen functional groups attached to an aromatic ring is 4. The Morgan fingerprint density at radius 1 is 0.696 bits per heavy atom. The van der Waals surface area contributed by atoms with Gasteiger partial charge in [0.25, 0.3) is 0 Å². The molecule has 0 spiro atoms. The van der Waals surface area contributed by atoms with E-state index in [4.69, 9.17) is 27.7 Å². The monoisotopic (exact) mass is 322 g/mol. The molecule has 132 valence electrons. The van der Waals surface area contributed by atoms with Crippen LogP contribution in [0.3, 0.4) is 0 Å². The molecule has 1 aromatic rings. The summed E-state index contributed by atoms with van der Waals surface area (Å²) in [7, 11) is 0. The highest BCUT2D eigenvalue weighted by atomic mass is 16.5. The van der Waals surface area contributed by atoms with Crippen LogP contribution in [-0.2, 0) is 5.41 Å². The summed E-state index contributed by atoms with van der Waals surface area (Å²) < 4.78 is 6.15. The predicted molar refractivity (Wildman–Crippen MR) is 102 cm³/mol. The van der Waals surface area contributed by atoms with Crippen molar-refractivity contribution in [2.24, 2.45) is 0 Å². The third-order valence-corrected chi connectivity index (χ3v) is 5.62. The van der Waals surface area contributed by atoms with Crippen LogP contribution in [0, 0.1) is 0 Å². The highest BCUT2D eigenvalue weighted by molar-refractivity contribution is 5.92. The molecule has 0 aliphatic rings. The van der Waals surface area contributed by atoms with Gasteiger partial charge in [-0.15, -0.1) is 0 Å². The van der Waals surface area contributed by atoms with Crippen LogP contribution in [0.15, 0.2) is 0 Å². The van der Waals surface area contributed by atoms with Gasteiger partial charge >= 0.3 is 0 Å². The van der Waals surface area contributed by atoms with E-state index in [0.29, 0.717) is 28.5 Å². The maximum atomic E-state index is 6.35. The summed E-state index contributed by atoms with van der Waals surface area (Å²) in [5.41, 5.74) is 27.4. The Kier molecular flexibility index (Phi) is 5.67. The van der Waals surface area contributed by atoms with Crippen LogP contribution in [0.5, 0.6) is 5.75 Å². The summed E-state index contributed by atoms with van der Waals surface area (Å²) in [6, 6.07) is 0. The van der Waals surface area contributed by atoms with E-state index >= 15 is 0 Å². The summed E-state index contributed by atoms with van der Waals surface area (Å²) in [5.74, 6) is 0.421. The first-order valence-electron chi connectivity index (χ1n) is 8.56. The first-order valence-corrected chi connectivity index (χ1v) is 8.56. The molecule has 5 heteroatoms. The maximum Gasteiger partial charge on any atom is 0.170 e. The van der Waals surface area contributed by atoms with Crippen molar-refractivity contribution in [3.63, 3.8) is 0 Å². The van der Waals surface area contributed by atoms with E-state index < -0.39 is 0 Å². The van der Waals surface area contributed by atoms with Crippen molar-refractivity contribution in [2.45, 2.75) is 78.2 Å². The molecule has 0 radical (unpaired) electrons. The molecular formula is C18H34N4O. The van der Waals surface area contributed by atoms with E-state index in [1.807, 2.05) is 6.92 Å². The van der Waals surface area contributed by atoms with Gasteiger partial charge in [-0.2, -0.15) is 0 Å². The molecule has 0 aliphatic carbocycles. The summed E-state index contributed by atoms with van der Waals surface area (Å²) >= 11 is 0. The minimum atomic E-state index is -0.346. The zero-order valence-electron chi connectivity index (χ0n) is 15.5. The second-order valence-electron chi connectivity index (χ2n) is 6.89. The fraction of sp³-hybridized carbons (Fsp3) is 0.667. The van der Waals surface area contributed by atoms with Crippen molar-refractivity contribution in [1.82, 2.24) is 0 Å². The lowest BCUT2D eigenvalue weighted by molar-refractivity contribution is 0.0822. The van der Waals surface area contributed by atoms with Gasteiger partial charge in [0, 0.05) is 5.56 Å². The van der Waals surface area contributed by atoms with Gasteiger partial charge in [-0.05, 0) is 38.0 Å². The molecule has 1 aromatic carbocycles. The molecule has 0 saturated carbocycles. The quantitative estimate of drug-likeness (QED) is 0.565. The van der Waals surface area contributed by atoms with Gasteiger partial charge < -0.3 is 27.7 Å². The molecule has 0 amide bonds. The number of benzene rings is 1. The lowest BCUT2D eigenvalue weighted by atomic mass is 9.75. The maximum absolute atomic E-state index is 6.35. The molecule has 0 aliphatic heterocycles. The molecule has 0 aromatic heterocycles. The van der Waals surface area contributed by atoms with E-state index in [1.54, 1.807) is 0 Å². The molecule has 0 saturated heterocycles. The molecule has 23 heavy (non-hydrogen) atoms. The number of hydrogen-bond donors (Lipinski definition) is 4. The number of hydrogen-bond acceptors (Lipinski definition) is 5. The van der Waals surface area contributed by atoms with Gasteiger partial charge in [0.2, 0.25) is 0 Å². The molecule has 0 unspecified atom stereocenters. The van der Waals surface area contributed by atoms with Crippen LogP contribution >= 0.6 is 0 Å².